The number of carbonyl (C=O) groups excluding carboxylic acids is 2. The van der Waals surface area contributed by atoms with Crippen molar-refractivity contribution in [3.8, 4) is 0 Å². The van der Waals surface area contributed by atoms with Crippen molar-refractivity contribution < 1.29 is 24.2 Å². The van der Waals surface area contributed by atoms with E-state index < -0.39 is 30.1 Å². The predicted octanol–water partition coefficient (Wildman–Crippen LogP) is 0.395. The molecule has 0 radical (unpaired) electrons. The Hall–Kier alpha value is -1.67. The van der Waals surface area contributed by atoms with Crippen LogP contribution in [0.25, 0.3) is 0 Å². The van der Waals surface area contributed by atoms with Gasteiger partial charge in [-0.25, -0.2) is 4.79 Å². The number of ether oxygens (including phenoxy) is 1. The Morgan fingerprint density at radius 1 is 1.08 bits per heavy atom. The highest BCUT2D eigenvalue weighted by molar-refractivity contribution is 5.95. The highest BCUT2D eigenvalue weighted by Crippen LogP contribution is 2.22. The van der Waals surface area contributed by atoms with Gasteiger partial charge in [0, 0.05) is 6.54 Å². The Bertz CT molecular complexity index is 456. The standard InChI is InChI=1S/C17H31N3O5/c1-11(2)10-12(20-16(22)13-14(25-13)17(23)24)15(21)19-9-7-5-3-4-6-8-18/h11-14H,3-10,18H2,1-2H3,(H,19,21)(H,20,22)(H,23,24). The third kappa shape index (κ3) is 8.31. The molecule has 0 aliphatic carbocycles. The van der Waals surface area contributed by atoms with E-state index in [1.54, 1.807) is 0 Å². The number of epoxide rings is 1. The number of carboxylic acid groups (broad SMARTS) is 1. The van der Waals surface area contributed by atoms with E-state index in [0.29, 0.717) is 19.5 Å². The summed E-state index contributed by atoms with van der Waals surface area (Å²) in [6, 6.07) is -0.677. The van der Waals surface area contributed by atoms with E-state index in [1.807, 2.05) is 13.8 Å². The number of carboxylic acids is 1. The quantitative estimate of drug-likeness (QED) is 0.278. The lowest BCUT2D eigenvalue weighted by molar-refractivity contribution is -0.138. The van der Waals surface area contributed by atoms with Crippen molar-refractivity contribution in [1.29, 1.82) is 0 Å². The van der Waals surface area contributed by atoms with Gasteiger partial charge in [0.25, 0.3) is 5.91 Å². The van der Waals surface area contributed by atoms with Gasteiger partial charge in [-0.15, -0.1) is 0 Å². The maximum absolute atomic E-state index is 12.3. The molecule has 0 aromatic heterocycles. The molecule has 25 heavy (non-hydrogen) atoms. The fraction of sp³-hybridized carbons (Fsp3) is 0.824. The van der Waals surface area contributed by atoms with Crippen LogP contribution in [0.2, 0.25) is 0 Å². The van der Waals surface area contributed by atoms with Crippen molar-refractivity contribution in [3.05, 3.63) is 0 Å². The normalized spacial score (nSPS) is 20.2. The molecule has 0 spiro atoms. The molecule has 1 saturated heterocycles. The van der Waals surface area contributed by atoms with Crippen LogP contribution in [0.1, 0.15) is 52.4 Å². The summed E-state index contributed by atoms with van der Waals surface area (Å²) in [6.07, 6.45) is 3.51. The lowest BCUT2D eigenvalue weighted by atomic mass is 10.0. The van der Waals surface area contributed by atoms with Crippen LogP contribution in [0.15, 0.2) is 0 Å². The van der Waals surface area contributed by atoms with Crippen LogP contribution < -0.4 is 16.4 Å². The molecule has 8 nitrogen and oxygen atoms in total. The maximum atomic E-state index is 12.3. The van der Waals surface area contributed by atoms with Crippen molar-refractivity contribution in [2.24, 2.45) is 11.7 Å². The van der Waals surface area contributed by atoms with Gasteiger partial charge in [0.1, 0.15) is 6.04 Å². The minimum absolute atomic E-state index is 0.211. The fourth-order valence-electron chi connectivity index (χ4n) is 2.59. The highest BCUT2D eigenvalue weighted by atomic mass is 16.6. The fourth-order valence-corrected chi connectivity index (χ4v) is 2.59. The molecule has 1 heterocycles. The van der Waals surface area contributed by atoms with Crippen molar-refractivity contribution in [2.75, 3.05) is 13.1 Å². The van der Waals surface area contributed by atoms with E-state index >= 15 is 0 Å². The summed E-state index contributed by atoms with van der Waals surface area (Å²) in [5, 5.41) is 14.2. The van der Waals surface area contributed by atoms with E-state index in [1.165, 1.54) is 0 Å². The summed E-state index contributed by atoms with van der Waals surface area (Å²) >= 11 is 0. The summed E-state index contributed by atoms with van der Waals surface area (Å²) in [5.41, 5.74) is 5.44. The minimum Gasteiger partial charge on any atom is -0.479 e. The molecule has 5 N–H and O–H groups in total. The average molecular weight is 357 g/mol. The van der Waals surface area contributed by atoms with E-state index in [2.05, 4.69) is 10.6 Å². The topological polar surface area (TPSA) is 134 Å². The summed E-state index contributed by atoms with van der Waals surface area (Å²) in [5.74, 6) is -1.74. The number of hydrogen-bond acceptors (Lipinski definition) is 5. The number of aliphatic carboxylic acids is 1. The first kappa shape index (κ1) is 21.4. The number of unbranched alkanes of at least 4 members (excludes halogenated alkanes) is 4. The Morgan fingerprint density at radius 3 is 2.28 bits per heavy atom. The van der Waals surface area contributed by atoms with Crippen molar-refractivity contribution in [2.45, 2.75) is 70.6 Å². The van der Waals surface area contributed by atoms with Gasteiger partial charge < -0.3 is 26.2 Å². The van der Waals surface area contributed by atoms with Crippen LogP contribution in [0.3, 0.4) is 0 Å². The Balaban J connectivity index is 2.34. The van der Waals surface area contributed by atoms with Gasteiger partial charge in [-0.1, -0.05) is 33.1 Å². The van der Waals surface area contributed by atoms with E-state index in [-0.39, 0.29) is 11.8 Å². The molecule has 3 atom stereocenters. The maximum Gasteiger partial charge on any atom is 0.336 e. The van der Waals surface area contributed by atoms with Crippen LogP contribution in [0.4, 0.5) is 0 Å². The molecule has 0 aromatic carbocycles. The second-order valence-electron chi connectivity index (χ2n) is 6.85. The largest absolute Gasteiger partial charge is 0.479 e. The molecule has 1 fully saturated rings. The number of carbonyl (C=O) groups is 3. The van der Waals surface area contributed by atoms with E-state index in [9.17, 15) is 14.4 Å². The van der Waals surface area contributed by atoms with Crippen molar-refractivity contribution >= 4 is 17.8 Å². The zero-order valence-corrected chi connectivity index (χ0v) is 15.1. The molecule has 8 heteroatoms. The van der Waals surface area contributed by atoms with Gasteiger partial charge in [-0.3, -0.25) is 9.59 Å². The van der Waals surface area contributed by atoms with Crippen LogP contribution >= 0.6 is 0 Å². The number of rotatable bonds is 13. The zero-order valence-electron chi connectivity index (χ0n) is 15.1. The zero-order chi connectivity index (χ0) is 18.8. The third-order valence-electron chi connectivity index (χ3n) is 4.01. The third-order valence-corrected chi connectivity index (χ3v) is 4.01. The molecule has 3 unspecified atom stereocenters. The molecular weight excluding hydrogens is 326 g/mol. The summed E-state index contributed by atoms with van der Waals surface area (Å²) in [7, 11) is 0. The van der Waals surface area contributed by atoms with Gasteiger partial charge in [0.2, 0.25) is 5.91 Å². The lowest BCUT2D eigenvalue weighted by Crippen LogP contribution is -2.49. The monoisotopic (exact) mass is 357 g/mol. The van der Waals surface area contributed by atoms with Gasteiger partial charge in [0.05, 0.1) is 0 Å². The summed E-state index contributed by atoms with van der Waals surface area (Å²) < 4.78 is 4.82. The molecule has 1 aliphatic rings. The number of nitrogens with one attached hydrogen (secondary N) is 2. The second-order valence-corrected chi connectivity index (χ2v) is 6.85. The van der Waals surface area contributed by atoms with Crippen LogP contribution in [-0.4, -0.2) is 54.2 Å². The molecule has 1 rings (SSSR count). The molecule has 1 aliphatic heterocycles. The van der Waals surface area contributed by atoms with Gasteiger partial charge in [-0.2, -0.15) is 0 Å². The van der Waals surface area contributed by atoms with E-state index in [0.717, 1.165) is 32.1 Å². The Kier molecular flexibility index (Phi) is 9.44. The Labute approximate surface area is 148 Å². The summed E-state index contributed by atoms with van der Waals surface area (Å²) in [6.45, 7) is 5.18. The predicted molar refractivity (Wildman–Crippen MR) is 92.8 cm³/mol. The first-order chi connectivity index (χ1) is 11.9. The molecule has 144 valence electrons. The minimum atomic E-state index is -1.17. The van der Waals surface area contributed by atoms with Gasteiger partial charge >= 0.3 is 5.97 Å². The molecule has 2 amide bonds. The molecule has 0 aromatic rings. The van der Waals surface area contributed by atoms with Gasteiger partial charge in [0.15, 0.2) is 12.2 Å². The molecule has 0 saturated carbocycles. The number of nitrogens with two attached hydrogens (primary N) is 1. The average Bonchev–Trinajstić information content (AvgIpc) is 3.33. The second kappa shape index (κ2) is 11.0. The smallest absolute Gasteiger partial charge is 0.336 e. The lowest BCUT2D eigenvalue weighted by Gasteiger charge is -2.19. The van der Waals surface area contributed by atoms with Crippen LogP contribution in [0, 0.1) is 5.92 Å². The van der Waals surface area contributed by atoms with Crippen molar-refractivity contribution in [3.63, 3.8) is 0 Å². The highest BCUT2D eigenvalue weighted by Gasteiger charge is 2.51. The van der Waals surface area contributed by atoms with E-state index in [4.69, 9.17) is 15.6 Å². The SMILES string of the molecule is CC(C)CC(NC(=O)C1OC1C(=O)O)C(=O)NCCCCCCCN. The summed E-state index contributed by atoms with van der Waals surface area (Å²) in [4.78, 5) is 35.1. The molecular formula is C17H31N3O5. The number of amides is 2. The molecule has 0 bridgehead atoms. The van der Waals surface area contributed by atoms with Crippen LogP contribution in [-0.2, 0) is 19.1 Å². The Morgan fingerprint density at radius 2 is 1.72 bits per heavy atom. The van der Waals surface area contributed by atoms with Crippen LogP contribution in [0.5, 0.6) is 0 Å². The van der Waals surface area contributed by atoms with Gasteiger partial charge in [-0.05, 0) is 31.7 Å². The first-order valence-corrected chi connectivity index (χ1v) is 9.03. The number of hydrogen-bond donors (Lipinski definition) is 4. The van der Waals surface area contributed by atoms with Crippen molar-refractivity contribution in [1.82, 2.24) is 10.6 Å². The first-order valence-electron chi connectivity index (χ1n) is 9.03.